The predicted octanol–water partition coefficient (Wildman–Crippen LogP) is 7.38. The number of fused-ring (bicyclic) bond motifs is 1. The van der Waals surface area contributed by atoms with Gasteiger partial charge in [0.25, 0.3) is 0 Å². The van der Waals surface area contributed by atoms with Crippen LogP contribution in [0.3, 0.4) is 0 Å². The van der Waals surface area contributed by atoms with E-state index in [1.54, 1.807) is 18.2 Å². The van der Waals surface area contributed by atoms with Gasteiger partial charge in [-0.2, -0.15) is 0 Å². The highest BCUT2D eigenvalue weighted by Crippen LogP contribution is 2.51. The summed E-state index contributed by atoms with van der Waals surface area (Å²) in [5.41, 5.74) is 3.05. The van der Waals surface area contributed by atoms with Crippen LogP contribution in [0.15, 0.2) is 78.4 Å². The number of alkyl halides is 1. The van der Waals surface area contributed by atoms with Gasteiger partial charge in [-0.25, -0.2) is 4.39 Å². The van der Waals surface area contributed by atoms with Gasteiger partial charge in [0.1, 0.15) is 6.17 Å². The second-order valence-electron chi connectivity index (χ2n) is 8.99. The fourth-order valence-corrected chi connectivity index (χ4v) is 6.11. The van der Waals surface area contributed by atoms with Crippen molar-refractivity contribution in [2.75, 3.05) is 13.1 Å². The van der Waals surface area contributed by atoms with Gasteiger partial charge in [-0.1, -0.05) is 83.4 Å². The molecule has 1 amide bonds. The molecule has 2 aliphatic carbocycles. The van der Waals surface area contributed by atoms with Crippen LogP contribution in [0.1, 0.15) is 29.4 Å². The molecule has 1 heterocycles. The monoisotopic (exact) mass is 501 g/mol. The van der Waals surface area contributed by atoms with E-state index in [2.05, 4.69) is 6.08 Å². The topological polar surface area (TPSA) is 20.3 Å². The van der Waals surface area contributed by atoms with Crippen molar-refractivity contribution in [3.63, 3.8) is 0 Å². The Morgan fingerprint density at radius 2 is 1.67 bits per heavy atom. The number of halogens is 4. The van der Waals surface area contributed by atoms with E-state index in [9.17, 15) is 9.18 Å². The highest BCUT2D eigenvalue weighted by molar-refractivity contribution is 6.35. The Labute approximate surface area is 208 Å². The molecule has 0 saturated carbocycles. The molecule has 0 aromatic heterocycles. The molecular weight excluding hydrogens is 480 g/mol. The van der Waals surface area contributed by atoms with Crippen molar-refractivity contribution in [1.29, 1.82) is 0 Å². The SMILES string of the molecule is O=C1C2C=CC(c3ccc(Cl)cc3Cl)C(c3ccc(Cl)cc3)C2CN1CC1=CC=CC(F)C1. The molecule has 1 saturated heterocycles. The first-order valence-electron chi connectivity index (χ1n) is 11.1. The molecule has 1 aliphatic heterocycles. The molecule has 1 fully saturated rings. The van der Waals surface area contributed by atoms with Gasteiger partial charge in [0, 0.05) is 40.5 Å². The summed E-state index contributed by atoms with van der Waals surface area (Å²) in [5.74, 6) is -0.00648. The predicted molar refractivity (Wildman–Crippen MR) is 133 cm³/mol. The van der Waals surface area contributed by atoms with Crippen molar-refractivity contribution in [2.45, 2.75) is 24.4 Å². The maximum atomic E-state index is 13.8. The Kier molecular flexibility index (Phi) is 6.39. The summed E-state index contributed by atoms with van der Waals surface area (Å²) < 4.78 is 13.8. The third kappa shape index (κ3) is 4.51. The molecule has 5 atom stereocenters. The van der Waals surface area contributed by atoms with E-state index in [-0.39, 0.29) is 29.6 Å². The number of benzene rings is 2. The van der Waals surface area contributed by atoms with Crippen molar-refractivity contribution >= 4 is 40.7 Å². The third-order valence-electron chi connectivity index (χ3n) is 6.94. The molecule has 6 heteroatoms. The average molecular weight is 503 g/mol. The number of likely N-dealkylation sites (tertiary alicyclic amines) is 1. The normalized spacial score (nSPS) is 28.7. The molecule has 170 valence electrons. The Hall–Kier alpha value is -2.07. The Bertz CT molecular complexity index is 1160. The van der Waals surface area contributed by atoms with E-state index in [0.717, 1.165) is 16.7 Å². The van der Waals surface area contributed by atoms with Crippen molar-refractivity contribution < 1.29 is 9.18 Å². The Balaban J connectivity index is 1.50. The summed E-state index contributed by atoms with van der Waals surface area (Å²) in [6.07, 6.45) is 8.71. The zero-order valence-electron chi connectivity index (χ0n) is 17.8. The van der Waals surface area contributed by atoms with E-state index in [1.807, 2.05) is 53.5 Å². The maximum Gasteiger partial charge on any atom is 0.230 e. The van der Waals surface area contributed by atoms with Gasteiger partial charge < -0.3 is 4.90 Å². The zero-order chi connectivity index (χ0) is 23.1. The first-order valence-corrected chi connectivity index (χ1v) is 12.2. The summed E-state index contributed by atoms with van der Waals surface area (Å²) in [6.45, 7) is 1.07. The largest absolute Gasteiger partial charge is 0.338 e. The van der Waals surface area contributed by atoms with Gasteiger partial charge in [-0.15, -0.1) is 0 Å². The Morgan fingerprint density at radius 1 is 0.939 bits per heavy atom. The Morgan fingerprint density at radius 3 is 2.39 bits per heavy atom. The van der Waals surface area contributed by atoms with Crippen LogP contribution in [0.4, 0.5) is 4.39 Å². The lowest BCUT2D eigenvalue weighted by molar-refractivity contribution is -0.129. The number of hydrogen-bond acceptors (Lipinski definition) is 1. The lowest BCUT2D eigenvalue weighted by Gasteiger charge is -2.36. The standard InChI is InChI=1S/C27H23Cl3FNO/c28-18-6-4-17(5-7-18)26-22(21-9-8-19(29)13-25(21)30)10-11-23-24(26)15-32(27(23)33)14-16-2-1-3-20(31)12-16/h1-11,13,20,22-24,26H,12,14-15H2. The van der Waals surface area contributed by atoms with Crippen LogP contribution in [0.25, 0.3) is 0 Å². The number of carbonyl (C=O) groups is 1. The summed E-state index contributed by atoms with van der Waals surface area (Å²) in [7, 11) is 0. The van der Waals surface area contributed by atoms with Gasteiger partial charge in [0.2, 0.25) is 5.91 Å². The molecule has 2 nitrogen and oxygen atoms in total. The molecule has 5 rings (SSSR count). The van der Waals surface area contributed by atoms with Gasteiger partial charge in [0.05, 0.1) is 5.92 Å². The van der Waals surface area contributed by atoms with Crippen LogP contribution in [0, 0.1) is 11.8 Å². The van der Waals surface area contributed by atoms with E-state index < -0.39 is 6.17 Å². The first kappa shape index (κ1) is 22.7. The summed E-state index contributed by atoms with van der Waals surface area (Å²) in [4.78, 5) is 15.2. The molecule has 2 aromatic rings. The lowest BCUT2D eigenvalue weighted by Crippen LogP contribution is -2.29. The fraction of sp³-hybridized carbons (Fsp3) is 0.296. The van der Waals surface area contributed by atoms with Crippen molar-refractivity contribution in [3.05, 3.63) is 105 Å². The fourth-order valence-electron chi connectivity index (χ4n) is 5.45. The van der Waals surface area contributed by atoms with Crippen LogP contribution >= 0.6 is 34.8 Å². The smallest absolute Gasteiger partial charge is 0.230 e. The van der Waals surface area contributed by atoms with Crippen LogP contribution < -0.4 is 0 Å². The van der Waals surface area contributed by atoms with Crippen molar-refractivity contribution in [3.8, 4) is 0 Å². The number of allylic oxidation sites excluding steroid dienone is 4. The van der Waals surface area contributed by atoms with E-state index in [4.69, 9.17) is 34.8 Å². The second-order valence-corrected chi connectivity index (χ2v) is 10.3. The molecule has 0 spiro atoms. The van der Waals surface area contributed by atoms with E-state index in [0.29, 0.717) is 34.6 Å². The summed E-state index contributed by atoms with van der Waals surface area (Å²) in [6, 6.07) is 13.4. The molecule has 33 heavy (non-hydrogen) atoms. The van der Waals surface area contributed by atoms with Gasteiger partial charge >= 0.3 is 0 Å². The second kappa shape index (κ2) is 9.29. The van der Waals surface area contributed by atoms with Gasteiger partial charge in [-0.05, 0) is 52.8 Å². The molecule has 0 N–H and O–H groups in total. The van der Waals surface area contributed by atoms with Crippen LogP contribution in [0.2, 0.25) is 15.1 Å². The van der Waals surface area contributed by atoms with Crippen molar-refractivity contribution in [1.82, 2.24) is 4.90 Å². The average Bonchev–Trinajstić information content (AvgIpc) is 3.09. The van der Waals surface area contributed by atoms with Gasteiger partial charge in [0.15, 0.2) is 0 Å². The molecule has 0 radical (unpaired) electrons. The molecule has 3 aliphatic rings. The summed E-state index contributed by atoms with van der Waals surface area (Å²) in [5, 5.41) is 1.88. The quantitative estimate of drug-likeness (QED) is 0.399. The highest BCUT2D eigenvalue weighted by atomic mass is 35.5. The summed E-state index contributed by atoms with van der Waals surface area (Å²) >= 11 is 18.9. The van der Waals surface area contributed by atoms with Crippen LogP contribution in [-0.4, -0.2) is 30.1 Å². The van der Waals surface area contributed by atoms with E-state index in [1.165, 1.54) is 0 Å². The van der Waals surface area contributed by atoms with E-state index >= 15 is 0 Å². The van der Waals surface area contributed by atoms with Crippen LogP contribution in [-0.2, 0) is 4.79 Å². The highest BCUT2D eigenvalue weighted by Gasteiger charge is 2.48. The first-order chi connectivity index (χ1) is 15.9. The number of amides is 1. The minimum atomic E-state index is -0.983. The molecule has 5 unspecified atom stereocenters. The minimum absolute atomic E-state index is 0.00278. The number of hydrogen-bond donors (Lipinski definition) is 0. The number of nitrogens with zero attached hydrogens (tertiary/aromatic N) is 1. The number of carbonyl (C=O) groups excluding carboxylic acids is 1. The van der Waals surface area contributed by atoms with Crippen LogP contribution in [0.5, 0.6) is 0 Å². The lowest BCUT2D eigenvalue weighted by atomic mass is 9.67. The number of rotatable bonds is 4. The van der Waals surface area contributed by atoms with Crippen molar-refractivity contribution in [2.24, 2.45) is 11.8 Å². The zero-order valence-corrected chi connectivity index (χ0v) is 20.1. The molecule has 0 bridgehead atoms. The molecular formula is C27H23Cl3FNO. The molecule has 2 aromatic carbocycles. The maximum absolute atomic E-state index is 13.8. The third-order valence-corrected chi connectivity index (χ3v) is 7.76. The minimum Gasteiger partial charge on any atom is -0.338 e. The van der Waals surface area contributed by atoms with Gasteiger partial charge in [-0.3, -0.25) is 4.79 Å².